The number of halogens is 2. The van der Waals surface area contributed by atoms with E-state index in [0.29, 0.717) is 33.9 Å². The van der Waals surface area contributed by atoms with E-state index >= 15 is 0 Å². The molecule has 0 saturated carbocycles. The third kappa shape index (κ3) is 5.56. The number of morpholine rings is 1. The van der Waals surface area contributed by atoms with Crippen LogP contribution in [0.5, 0.6) is 5.75 Å². The van der Waals surface area contributed by atoms with Gasteiger partial charge in [0.15, 0.2) is 0 Å². The molecule has 2 aliphatic heterocycles. The summed E-state index contributed by atoms with van der Waals surface area (Å²) in [6.07, 6.45) is 4.09. The average Bonchev–Trinajstić information content (AvgIpc) is 3.35. The number of nitrogens with zero attached hydrogens (tertiary/aromatic N) is 3. The molecule has 1 N–H and O–H groups in total. The fourth-order valence-corrected chi connectivity index (χ4v) is 5.06. The largest absolute Gasteiger partial charge is 0.492 e. The number of carbonyl (C=O) groups excluding carboxylic acids is 1. The van der Waals surface area contributed by atoms with Crippen LogP contribution in [-0.4, -0.2) is 65.3 Å². The minimum Gasteiger partial charge on any atom is -0.492 e. The van der Waals surface area contributed by atoms with Crippen LogP contribution >= 0.6 is 35.0 Å². The molecule has 1 atom stereocenters. The number of allylic oxidation sites excluding steroid dienone is 1. The number of rotatable bonds is 7. The first-order valence-corrected chi connectivity index (χ1v) is 11.7. The minimum absolute atomic E-state index is 0.0834. The molecule has 1 saturated heterocycles. The smallest absolute Gasteiger partial charge is 0.238 e. The number of anilines is 1. The molecule has 0 aliphatic carbocycles. The first-order chi connectivity index (χ1) is 15.0. The van der Waals surface area contributed by atoms with Crippen molar-refractivity contribution >= 4 is 46.6 Å². The van der Waals surface area contributed by atoms with Crippen molar-refractivity contribution in [3.05, 3.63) is 39.9 Å². The Morgan fingerprint density at radius 2 is 2.16 bits per heavy atom. The first-order valence-electron chi connectivity index (χ1n) is 10.1. The molecule has 2 aliphatic rings. The molecule has 0 radical (unpaired) electrons. The van der Waals surface area contributed by atoms with Gasteiger partial charge in [-0.1, -0.05) is 29.3 Å². The molecule has 1 unspecified atom stereocenters. The number of carbonyl (C=O) groups is 1. The van der Waals surface area contributed by atoms with Crippen LogP contribution < -0.4 is 10.1 Å². The SMILES string of the molecule is Cn1ncc(Cl)c1-c1cc(NC(=O)C2CC=C(Cl)S2)ccc1OCCN1CCOCC1. The summed E-state index contributed by atoms with van der Waals surface area (Å²) in [5.41, 5.74) is 2.18. The van der Waals surface area contributed by atoms with E-state index in [9.17, 15) is 4.79 Å². The highest BCUT2D eigenvalue weighted by atomic mass is 35.5. The van der Waals surface area contributed by atoms with Gasteiger partial charge in [0.2, 0.25) is 5.91 Å². The molecule has 1 amide bonds. The minimum atomic E-state index is -0.222. The quantitative estimate of drug-likeness (QED) is 0.643. The molecule has 7 nitrogen and oxygen atoms in total. The number of hydrogen-bond acceptors (Lipinski definition) is 6. The Balaban J connectivity index is 1.51. The zero-order valence-electron chi connectivity index (χ0n) is 17.1. The molecule has 31 heavy (non-hydrogen) atoms. The summed E-state index contributed by atoms with van der Waals surface area (Å²) in [5, 5.41) is 7.52. The second kappa shape index (κ2) is 10.3. The number of ether oxygens (including phenoxy) is 2. The van der Waals surface area contributed by atoms with E-state index in [1.165, 1.54) is 11.8 Å². The fourth-order valence-electron chi connectivity index (χ4n) is 3.56. The van der Waals surface area contributed by atoms with Crippen LogP contribution in [0.4, 0.5) is 5.69 Å². The number of aromatic nitrogens is 2. The predicted octanol–water partition coefficient (Wildman–Crippen LogP) is 3.98. The van der Waals surface area contributed by atoms with E-state index in [2.05, 4.69) is 15.3 Å². The maximum atomic E-state index is 12.6. The molecule has 1 fully saturated rings. The van der Waals surface area contributed by atoms with Crippen molar-refractivity contribution in [2.45, 2.75) is 11.7 Å². The molecular weight excluding hydrogens is 459 g/mol. The lowest BCUT2D eigenvalue weighted by Crippen LogP contribution is -2.38. The zero-order valence-corrected chi connectivity index (χ0v) is 19.5. The van der Waals surface area contributed by atoms with Crippen LogP contribution in [0.25, 0.3) is 11.3 Å². The number of thioether (sulfide) groups is 1. The number of benzene rings is 1. The molecule has 4 rings (SSSR count). The van der Waals surface area contributed by atoms with Crippen LogP contribution in [0.15, 0.2) is 34.8 Å². The summed E-state index contributed by atoms with van der Waals surface area (Å²) >= 11 is 13.8. The highest BCUT2D eigenvalue weighted by molar-refractivity contribution is 8.06. The van der Waals surface area contributed by atoms with Gasteiger partial charge in [-0.25, -0.2) is 0 Å². The first kappa shape index (κ1) is 22.5. The summed E-state index contributed by atoms with van der Waals surface area (Å²) in [6.45, 7) is 4.68. The van der Waals surface area contributed by atoms with Crippen molar-refractivity contribution in [2.24, 2.45) is 7.05 Å². The molecule has 3 heterocycles. The van der Waals surface area contributed by atoms with Crippen molar-refractivity contribution in [3.8, 4) is 17.0 Å². The highest BCUT2D eigenvalue weighted by Gasteiger charge is 2.25. The Morgan fingerprint density at radius 1 is 1.35 bits per heavy atom. The lowest BCUT2D eigenvalue weighted by molar-refractivity contribution is -0.115. The van der Waals surface area contributed by atoms with Crippen LogP contribution in [0.2, 0.25) is 5.02 Å². The molecular formula is C21H24Cl2N4O3S. The standard InChI is InChI=1S/C21H24Cl2N4O3S/c1-26-20(16(22)13-24-26)15-12-14(25-21(28)18-4-5-19(23)31-18)2-3-17(15)30-11-8-27-6-9-29-10-7-27/h2-3,5,12-13,18H,4,6-11H2,1H3,(H,25,28). The van der Waals surface area contributed by atoms with Crippen molar-refractivity contribution in [1.82, 2.24) is 14.7 Å². The van der Waals surface area contributed by atoms with Crippen LogP contribution in [-0.2, 0) is 16.6 Å². The number of nitrogens with one attached hydrogen (secondary N) is 1. The lowest BCUT2D eigenvalue weighted by Gasteiger charge is -2.26. The van der Waals surface area contributed by atoms with Gasteiger partial charge in [-0.05, 0) is 24.6 Å². The van der Waals surface area contributed by atoms with Crippen molar-refractivity contribution < 1.29 is 14.3 Å². The third-order valence-electron chi connectivity index (χ3n) is 5.20. The second-order valence-electron chi connectivity index (χ2n) is 7.32. The Hall–Kier alpha value is -1.71. The molecule has 166 valence electrons. The second-order valence-corrected chi connectivity index (χ2v) is 9.60. The van der Waals surface area contributed by atoms with E-state index in [-0.39, 0.29) is 11.2 Å². The highest BCUT2D eigenvalue weighted by Crippen LogP contribution is 2.38. The van der Waals surface area contributed by atoms with Gasteiger partial charge in [-0.2, -0.15) is 5.10 Å². The van der Waals surface area contributed by atoms with Gasteiger partial charge < -0.3 is 14.8 Å². The van der Waals surface area contributed by atoms with Crippen molar-refractivity contribution in [1.29, 1.82) is 0 Å². The average molecular weight is 483 g/mol. The maximum Gasteiger partial charge on any atom is 0.238 e. The Kier molecular flexibility index (Phi) is 7.45. The fraction of sp³-hybridized carbons (Fsp3) is 0.429. The number of hydrogen-bond donors (Lipinski definition) is 1. The van der Waals surface area contributed by atoms with Gasteiger partial charge in [-0.15, -0.1) is 11.8 Å². The number of aryl methyl sites for hydroxylation is 1. The van der Waals surface area contributed by atoms with Crippen LogP contribution in [0, 0.1) is 0 Å². The molecule has 1 aromatic heterocycles. The molecule has 10 heteroatoms. The summed E-state index contributed by atoms with van der Waals surface area (Å²) in [4.78, 5) is 14.9. The van der Waals surface area contributed by atoms with E-state index in [4.69, 9.17) is 32.7 Å². The summed E-state index contributed by atoms with van der Waals surface area (Å²) in [5.74, 6) is 0.608. The van der Waals surface area contributed by atoms with Crippen molar-refractivity contribution in [3.63, 3.8) is 0 Å². The monoisotopic (exact) mass is 482 g/mol. The number of amides is 1. The van der Waals surface area contributed by atoms with E-state index < -0.39 is 0 Å². The maximum absolute atomic E-state index is 12.6. The third-order valence-corrected chi connectivity index (χ3v) is 6.99. The normalized spacial score (nSPS) is 19.3. The van der Waals surface area contributed by atoms with Gasteiger partial charge in [0.1, 0.15) is 12.4 Å². The molecule has 0 bridgehead atoms. The lowest BCUT2D eigenvalue weighted by atomic mass is 10.1. The molecule has 2 aromatic rings. The van der Waals surface area contributed by atoms with Gasteiger partial charge >= 0.3 is 0 Å². The van der Waals surface area contributed by atoms with E-state index in [1.54, 1.807) is 10.9 Å². The van der Waals surface area contributed by atoms with Crippen molar-refractivity contribution in [2.75, 3.05) is 44.8 Å². The topological polar surface area (TPSA) is 68.6 Å². The van der Waals surface area contributed by atoms with Gasteiger partial charge in [-0.3, -0.25) is 14.4 Å². The summed E-state index contributed by atoms with van der Waals surface area (Å²) in [6, 6.07) is 5.57. The van der Waals surface area contributed by atoms with Gasteiger partial charge in [0, 0.05) is 37.9 Å². The van der Waals surface area contributed by atoms with Gasteiger partial charge in [0.25, 0.3) is 0 Å². The Bertz CT molecular complexity index is 956. The Morgan fingerprint density at radius 3 is 2.84 bits per heavy atom. The van der Waals surface area contributed by atoms with Gasteiger partial charge in [0.05, 0.1) is 39.7 Å². The molecule has 0 spiro atoms. The predicted molar refractivity (Wildman–Crippen MR) is 125 cm³/mol. The molecule has 1 aromatic carbocycles. The van der Waals surface area contributed by atoms with Crippen LogP contribution in [0.1, 0.15) is 6.42 Å². The Labute approximate surface area is 195 Å². The summed E-state index contributed by atoms with van der Waals surface area (Å²) < 4.78 is 13.9. The summed E-state index contributed by atoms with van der Waals surface area (Å²) in [7, 11) is 1.83. The van der Waals surface area contributed by atoms with Crippen LogP contribution in [0.3, 0.4) is 0 Å². The van der Waals surface area contributed by atoms with E-state index in [1.807, 2.05) is 31.3 Å². The van der Waals surface area contributed by atoms with E-state index in [0.717, 1.165) is 44.1 Å². The zero-order chi connectivity index (χ0) is 21.8.